The molecule has 0 bridgehead atoms. The molecule has 94 valence electrons. The molecule has 0 saturated carbocycles. The van der Waals surface area contributed by atoms with Crippen LogP contribution in [0.25, 0.3) is 0 Å². The van der Waals surface area contributed by atoms with Crippen molar-refractivity contribution in [2.24, 2.45) is 5.92 Å². The van der Waals surface area contributed by atoms with Crippen molar-refractivity contribution >= 4 is 5.97 Å². The van der Waals surface area contributed by atoms with E-state index in [1.54, 1.807) is 0 Å². The van der Waals surface area contributed by atoms with Crippen LogP contribution in [0.5, 0.6) is 0 Å². The highest BCUT2D eigenvalue weighted by molar-refractivity contribution is 5.73. The Labute approximate surface area is 95.2 Å². The molecule has 5 heteroatoms. The molecule has 1 saturated heterocycles. The van der Waals surface area contributed by atoms with Gasteiger partial charge in [-0.05, 0) is 38.1 Å². The van der Waals surface area contributed by atoms with Crippen LogP contribution in [0.3, 0.4) is 0 Å². The van der Waals surface area contributed by atoms with Gasteiger partial charge in [-0.1, -0.05) is 0 Å². The highest BCUT2D eigenvalue weighted by Gasteiger charge is 2.25. The van der Waals surface area contributed by atoms with Crippen molar-refractivity contribution in [3.8, 4) is 0 Å². The van der Waals surface area contributed by atoms with Gasteiger partial charge in [-0.15, -0.1) is 0 Å². The summed E-state index contributed by atoms with van der Waals surface area (Å²) in [6.07, 6.45) is 3.57. The van der Waals surface area contributed by atoms with Crippen molar-refractivity contribution < 1.29 is 19.0 Å². The minimum absolute atomic E-state index is 0.171. The Morgan fingerprint density at radius 3 is 3.00 bits per heavy atom. The maximum atomic E-state index is 11.7. The van der Waals surface area contributed by atoms with Gasteiger partial charge in [0.15, 0.2) is 0 Å². The number of halogens is 1. The molecule has 1 fully saturated rings. The lowest BCUT2D eigenvalue weighted by atomic mass is 9.89. The number of alkyl halides is 1. The lowest BCUT2D eigenvalue weighted by molar-refractivity contribution is -0.140. The monoisotopic (exact) mass is 233 g/mol. The molecular formula is C11H20FNO3. The van der Waals surface area contributed by atoms with E-state index >= 15 is 0 Å². The van der Waals surface area contributed by atoms with E-state index in [0.29, 0.717) is 18.9 Å². The fourth-order valence-electron chi connectivity index (χ4n) is 2.08. The topological polar surface area (TPSA) is 58.6 Å². The van der Waals surface area contributed by atoms with Gasteiger partial charge < -0.3 is 15.2 Å². The molecule has 0 aliphatic carbocycles. The molecule has 0 aromatic carbocycles. The summed E-state index contributed by atoms with van der Waals surface area (Å²) in [5.74, 6) is -0.310. The smallest absolute Gasteiger partial charge is 0.320 e. The molecule has 2 N–H and O–H groups in total. The van der Waals surface area contributed by atoms with Gasteiger partial charge in [0.2, 0.25) is 0 Å². The van der Waals surface area contributed by atoms with Crippen molar-refractivity contribution in [3.05, 3.63) is 0 Å². The maximum absolute atomic E-state index is 11.7. The van der Waals surface area contributed by atoms with Crippen LogP contribution in [-0.2, 0) is 9.53 Å². The molecule has 2 unspecified atom stereocenters. The maximum Gasteiger partial charge on any atom is 0.320 e. The zero-order valence-electron chi connectivity index (χ0n) is 9.45. The van der Waals surface area contributed by atoms with Gasteiger partial charge in [0.25, 0.3) is 0 Å². The van der Waals surface area contributed by atoms with Crippen LogP contribution in [0, 0.1) is 5.92 Å². The number of piperidine rings is 1. The summed E-state index contributed by atoms with van der Waals surface area (Å²) in [4.78, 5) is 10.8. The molecule has 16 heavy (non-hydrogen) atoms. The molecular weight excluding hydrogens is 213 g/mol. The molecule has 0 radical (unpaired) electrons. The van der Waals surface area contributed by atoms with Crippen LogP contribution in [0.1, 0.15) is 25.7 Å². The van der Waals surface area contributed by atoms with Crippen molar-refractivity contribution in [2.45, 2.75) is 31.7 Å². The lowest BCUT2D eigenvalue weighted by Gasteiger charge is -2.27. The van der Waals surface area contributed by atoms with Crippen LogP contribution >= 0.6 is 0 Å². The Kier molecular flexibility index (Phi) is 6.33. The molecule has 2 atom stereocenters. The summed E-state index contributed by atoms with van der Waals surface area (Å²) in [7, 11) is 0. The quantitative estimate of drug-likeness (QED) is 0.649. The third-order valence-electron chi connectivity index (χ3n) is 2.93. The number of ether oxygens (including phenoxy) is 1. The van der Waals surface area contributed by atoms with Crippen molar-refractivity contribution in [1.82, 2.24) is 5.32 Å². The Hall–Kier alpha value is -0.680. The average Bonchev–Trinajstić information content (AvgIpc) is 2.29. The second kappa shape index (κ2) is 7.57. The largest absolute Gasteiger partial charge is 0.480 e. The van der Waals surface area contributed by atoms with Gasteiger partial charge >= 0.3 is 5.97 Å². The van der Waals surface area contributed by atoms with Crippen LogP contribution < -0.4 is 5.32 Å². The van der Waals surface area contributed by atoms with Gasteiger partial charge in [0.05, 0.1) is 6.61 Å². The third kappa shape index (κ3) is 4.90. The Balaban J connectivity index is 2.10. The number of carboxylic acid groups (broad SMARTS) is 1. The highest BCUT2D eigenvalue weighted by Crippen LogP contribution is 2.21. The molecule has 0 spiro atoms. The lowest BCUT2D eigenvalue weighted by Crippen LogP contribution is -2.43. The molecule has 1 aliphatic rings. The van der Waals surface area contributed by atoms with Gasteiger partial charge in [0, 0.05) is 6.61 Å². The summed E-state index contributed by atoms with van der Waals surface area (Å²) in [6, 6.07) is -0.398. The van der Waals surface area contributed by atoms with Gasteiger partial charge in [0.1, 0.15) is 12.7 Å². The predicted octanol–water partition coefficient (Wildman–Crippen LogP) is 1.21. The van der Waals surface area contributed by atoms with Crippen LogP contribution in [-0.4, -0.2) is 43.6 Å². The predicted molar refractivity (Wildman–Crippen MR) is 58.2 cm³/mol. The first-order valence-corrected chi connectivity index (χ1v) is 5.84. The van der Waals surface area contributed by atoms with E-state index in [0.717, 1.165) is 25.8 Å². The third-order valence-corrected chi connectivity index (χ3v) is 2.93. The molecule has 0 aromatic rings. The van der Waals surface area contributed by atoms with Crippen LogP contribution in [0.2, 0.25) is 0 Å². The summed E-state index contributed by atoms with van der Waals surface area (Å²) < 4.78 is 16.8. The first kappa shape index (κ1) is 13.4. The minimum Gasteiger partial charge on any atom is -0.480 e. The van der Waals surface area contributed by atoms with Gasteiger partial charge in [-0.2, -0.15) is 0 Å². The standard InChI is InChI=1S/C11H20FNO3/c12-4-7-16-6-1-2-9-3-5-13-10(8-9)11(14)15/h9-10,13H,1-8H2,(H,14,15). The van der Waals surface area contributed by atoms with E-state index in [1.807, 2.05) is 0 Å². The second-order valence-electron chi connectivity index (χ2n) is 4.18. The van der Waals surface area contributed by atoms with E-state index < -0.39 is 18.7 Å². The Morgan fingerprint density at radius 1 is 1.50 bits per heavy atom. The van der Waals surface area contributed by atoms with Gasteiger partial charge in [-0.3, -0.25) is 4.79 Å². The van der Waals surface area contributed by atoms with Crippen molar-refractivity contribution in [2.75, 3.05) is 26.4 Å². The average molecular weight is 233 g/mol. The molecule has 1 rings (SSSR count). The number of hydrogen-bond acceptors (Lipinski definition) is 3. The number of carboxylic acids is 1. The number of carbonyl (C=O) groups is 1. The first-order chi connectivity index (χ1) is 7.74. The highest BCUT2D eigenvalue weighted by atomic mass is 19.1. The zero-order chi connectivity index (χ0) is 11.8. The molecule has 0 aromatic heterocycles. The fourth-order valence-corrected chi connectivity index (χ4v) is 2.08. The first-order valence-electron chi connectivity index (χ1n) is 5.84. The molecule has 4 nitrogen and oxygen atoms in total. The minimum atomic E-state index is -0.765. The van der Waals surface area contributed by atoms with Crippen molar-refractivity contribution in [1.29, 1.82) is 0 Å². The van der Waals surface area contributed by atoms with E-state index in [1.165, 1.54) is 0 Å². The van der Waals surface area contributed by atoms with E-state index in [4.69, 9.17) is 9.84 Å². The zero-order valence-corrected chi connectivity index (χ0v) is 9.45. The van der Waals surface area contributed by atoms with Crippen LogP contribution in [0.15, 0.2) is 0 Å². The SMILES string of the molecule is O=C(O)C1CC(CCCOCCF)CCN1. The number of nitrogens with one attached hydrogen (secondary N) is 1. The van der Waals surface area contributed by atoms with Crippen molar-refractivity contribution in [3.63, 3.8) is 0 Å². The normalized spacial score (nSPS) is 25.6. The molecule has 1 aliphatic heterocycles. The van der Waals surface area contributed by atoms with Crippen LogP contribution in [0.4, 0.5) is 4.39 Å². The fraction of sp³-hybridized carbons (Fsp3) is 0.909. The number of aliphatic carboxylic acids is 1. The number of rotatable bonds is 7. The summed E-state index contributed by atoms with van der Waals surface area (Å²) >= 11 is 0. The summed E-state index contributed by atoms with van der Waals surface area (Å²) in [6.45, 7) is 1.08. The van der Waals surface area contributed by atoms with E-state index in [9.17, 15) is 9.18 Å². The van der Waals surface area contributed by atoms with E-state index in [-0.39, 0.29) is 6.61 Å². The Morgan fingerprint density at radius 2 is 2.31 bits per heavy atom. The van der Waals surface area contributed by atoms with E-state index in [2.05, 4.69) is 5.32 Å². The second-order valence-corrected chi connectivity index (χ2v) is 4.18. The molecule has 1 heterocycles. The summed E-state index contributed by atoms with van der Waals surface area (Å²) in [5.41, 5.74) is 0. The summed E-state index contributed by atoms with van der Waals surface area (Å²) in [5, 5.41) is 11.8. The number of hydrogen-bond donors (Lipinski definition) is 2. The van der Waals surface area contributed by atoms with Gasteiger partial charge in [-0.25, -0.2) is 4.39 Å². The molecule has 0 amide bonds. The Bertz CT molecular complexity index is 213.